The summed E-state index contributed by atoms with van der Waals surface area (Å²) in [5, 5.41) is 13.3. The number of rotatable bonds is 3. The maximum absolute atomic E-state index is 11.6. The summed E-state index contributed by atoms with van der Waals surface area (Å²) in [5.41, 5.74) is 0.971. The zero-order valence-corrected chi connectivity index (χ0v) is 10.1. The molecule has 0 aromatic heterocycles. The zero-order valence-electron chi connectivity index (χ0n) is 10.1. The first kappa shape index (κ1) is 13.0. The summed E-state index contributed by atoms with van der Waals surface area (Å²) in [6, 6.07) is 4.24. The van der Waals surface area contributed by atoms with Crippen molar-refractivity contribution in [2.45, 2.75) is 13.8 Å². The average molecular weight is 237 g/mol. The van der Waals surface area contributed by atoms with Crippen molar-refractivity contribution in [1.82, 2.24) is 4.90 Å². The molecule has 0 heterocycles. The molecule has 1 rings (SSSR count). The van der Waals surface area contributed by atoms with E-state index in [0.717, 1.165) is 5.56 Å². The van der Waals surface area contributed by atoms with E-state index in [9.17, 15) is 14.9 Å². The van der Waals surface area contributed by atoms with Crippen molar-refractivity contribution >= 4 is 17.4 Å². The summed E-state index contributed by atoms with van der Waals surface area (Å²) < 4.78 is 0. The predicted octanol–water partition coefficient (Wildman–Crippen LogP) is 2.39. The highest BCUT2D eigenvalue weighted by atomic mass is 16.6. The third kappa shape index (κ3) is 3.17. The molecule has 6 nitrogen and oxygen atoms in total. The van der Waals surface area contributed by atoms with Crippen molar-refractivity contribution in [1.29, 1.82) is 0 Å². The van der Waals surface area contributed by atoms with Gasteiger partial charge in [-0.1, -0.05) is 6.07 Å². The minimum atomic E-state index is -0.513. The molecule has 92 valence electrons. The fourth-order valence-corrected chi connectivity index (χ4v) is 1.26. The highest BCUT2D eigenvalue weighted by Crippen LogP contribution is 2.25. The van der Waals surface area contributed by atoms with E-state index in [2.05, 4.69) is 5.32 Å². The summed E-state index contributed by atoms with van der Waals surface area (Å²) in [6.45, 7) is 4.17. The number of nitro groups is 1. The highest BCUT2D eigenvalue weighted by molar-refractivity contribution is 5.91. The van der Waals surface area contributed by atoms with Gasteiger partial charge in [0.2, 0.25) is 0 Å². The van der Waals surface area contributed by atoms with Gasteiger partial charge in [-0.2, -0.15) is 0 Å². The number of hydrogen-bond acceptors (Lipinski definition) is 3. The van der Waals surface area contributed by atoms with Gasteiger partial charge in [0.05, 0.1) is 4.92 Å². The summed E-state index contributed by atoms with van der Waals surface area (Å²) in [4.78, 5) is 23.3. The molecule has 0 bridgehead atoms. The third-order valence-corrected chi connectivity index (χ3v) is 2.41. The van der Waals surface area contributed by atoms with Gasteiger partial charge in [0, 0.05) is 19.7 Å². The molecule has 0 saturated carbocycles. The van der Waals surface area contributed by atoms with E-state index < -0.39 is 4.92 Å². The molecule has 0 saturated heterocycles. The molecule has 0 aliphatic carbocycles. The maximum Gasteiger partial charge on any atom is 0.321 e. The summed E-state index contributed by atoms with van der Waals surface area (Å²) in [7, 11) is 1.62. The second-order valence-electron chi connectivity index (χ2n) is 3.72. The largest absolute Gasteiger partial charge is 0.328 e. The van der Waals surface area contributed by atoms with Crippen molar-refractivity contribution in [3.8, 4) is 0 Å². The van der Waals surface area contributed by atoms with Crippen LogP contribution in [0.3, 0.4) is 0 Å². The smallest absolute Gasteiger partial charge is 0.321 e. The summed E-state index contributed by atoms with van der Waals surface area (Å²) >= 11 is 0. The molecule has 0 spiro atoms. The number of carbonyl (C=O) groups is 1. The number of nitrogens with one attached hydrogen (secondary N) is 1. The van der Waals surface area contributed by atoms with Crippen LogP contribution >= 0.6 is 0 Å². The first-order valence-corrected chi connectivity index (χ1v) is 5.23. The SMILES string of the molecule is CCN(C)C(=O)Nc1cc(C)ccc1[N+](=O)[O-]. The Morgan fingerprint density at radius 3 is 2.71 bits per heavy atom. The van der Waals surface area contributed by atoms with E-state index in [1.54, 1.807) is 19.2 Å². The number of nitrogens with zero attached hydrogens (tertiary/aromatic N) is 2. The molecular weight excluding hydrogens is 222 g/mol. The van der Waals surface area contributed by atoms with E-state index in [-0.39, 0.29) is 17.4 Å². The zero-order chi connectivity index (χ0) is 13.0. The van der Waals surface area contributed by atoms with Crippen LogP contribution in [-0.4, -0.2) is 29.4 Å². The molecule has 1 aromatic carbocycles. The van der Waals surface area contributed by atoms with Crippen LogP contribution < -0.4 is 5.32 Å². The van der Waals surface area contributed by atoms with E-state index >= 15 is 0 Å². The Morgan fingerprint density at radius 1 is 1.53 bits per heavy atom. The average Bonchev–Trinajstić information content (AvgIpc) is 2.27. The topological polar surface area (TPSA) is 75.5 Å². The van der Waals surface area contributed by atoms with Crippen LogP contribution in [0.1, 0.15) is 12.5 Å². The molecule has 17 heavy (non-hydrogen) atoms. The number of hydrogen-bond donors (Lipinski definition) is 1. The van der Waals surface area contributed by atoms with E-state index in [4.69, 9.17) is 0 Å². The number of benzene rings is 1. The maximum atomic E-state index is 11.6. The van der Waals surface area contributed by atoms with Crippen molar-refractivity contribution in [3.63, 3.8) is 0 Å². The van der Waals surface area contributed by atoms with Crippen molar-refractivity contribution < 1.29 is 9.72 Å². The summed E-state index contributed by atoms with van der Waals surface area (Å²) in [6.07, 6.45) is 0. The quantitative estimate of drug-likeness (QED) is 0.647. The van der Waals surface area contributed by atoms with E-state index in [1.165, 1.54) is 11.0 Å². The third-order valence-electron chi connectivity index (χ3n) is 2.41. The van der Waals surface area contributed by atoms with Crippen LogP contribution in [0.15, 0.2) is 18.2 Å². The molecule has 1 aromatic rings. The number of urea groups is 1. The Bertz CT molecular complexity index is 446. The molecule has 0 aliphatic rings. The monoisotopic (exact) mass is 237 g/mol. The van der Waals surface area contributed by atoms with Gasteiger partial charge in [0.15, 0.2) is 0 Å². The Kier molecular flexibility index (Phi) is 4.03. The Labute approximate surface area is 99.4 Å². The molecule has 0 radical (unpaired) electrons. The molecule has 2 amide bonds. The van der Waals surface area contributed by atoms with E-state index in [0.29, 0.717) is 6.54 Å². The van der Waals surface area contributed by atoms with Gasteiger partial charge in [-0.3, -0.25) is 10.1 Å². The second kappa shape index (κ2) is 5.29. The Morgan fingerprint density at radius 2 is 2.18 bits per heavy atom. The van der Waals surface area contributed by atoms with Crippen LogP contribution in [0.5, 0.6) is 0 Å². The lowest BCUT2D eigenvalue weighted by atomic mass is 10.2. The molecule has 1 N–H and O–H groups in total. The van der Waals surface area contributed by atoms with Gasteiger partial charge in [-0.25, -0.2) is 4.79 Å². The van der Waals surface area contributed by atoms with Crippen LogP contribution in [0.4, 0.5) is 16.2 Å². The highest BCUT2D eigenvalue weighted by Gasteiger charge is 2.16. The molecular formula is C11H15N3O3. The molecule has 6 heteroatoms. The van der Waals surface area contributed by atoms with E-state index in [1.807, 2.05) is 13.8 Å². The van der Waals surface area contributed by atoms with Crippen molar-refractivity contribution in [3.05, 3.63) is 33.9 Å². The fourth-order valence-electron chi connectivity index (χ4n) is 1.26. The lowest BCUT2D eigenvalue weighted by Crippen LogP contribution is -2.31. The van der Waals surface area contributed by atoms with Gasteiger partial charge >= 0.3 is 6.03 Å². The number of carbonyl (C=O) groups excluding carboxylic acids is 1. The molecule has 0 aliphatic heterocycles. The van der Waals surface area contributed by atoms with Crippen LogP contribution in [0, 0.1) is 17.0 Å². The lowest BCUT2D eigenvalue weighted by molar-refractivity contribution is -0.383. The first-order chi connectivity index (χ1) is 7.95. The fraction of sp³-hybridized carbons (Fsp3) is 0.364. The standard InChI is InChI=1S/C11H15N3O3/c1-4-13(3)11(15)12-9-7-8(2)5-6-10(9)14(16)17/h5-7H,4H2,1-3H3,(H,12,15). The minimum Gasteiger partial charge on any atom is -0.328 e. The van der Waals surface area contributed by atoms with Gasteiger partial charge in [-0.15, -0.1) is 0 Å². The van der Waals surface area contributed by atoms with Gasteiger partial charge in [0.25, 0.3) is 5.69 Å². The molecule has 0 fully saturated rings. The lowest BCUT2D eigenvalue weighted by Gasteiger charge is -2.15. The van der Waals surface area contributed by atoms with Gasteiger partial charge in [0.1, 0.15) is 5.69 Å². The molecule has 0 unspecified atom stereocenters. The number of aryl methyl sites for hydroxylation is 1. The number of anilines is 1. The second-order valence-corrected chi connectivity index (χ2v) is 3.72. The Balaban J connectivity index is 3.00. The van der Waals surface area contributed by atoms with Crippen LogP contribution in [-0.2, 0) is 0 Å². The van der Waals surface area contributed by atoms with Crippen molar-refractivity contribution in [2.24, 2.45) is 0 Å². The summed E-state index contributed by atoms with van der Waals surface area (Å²) in [5.74, 6) is 0. The van der Waals surface area contributed by atoms with Crippen LogP contribution in [0.2, 0.25) is 0 Å². The minimum absolute atomic E-state index is 0.103. The number of amides is 2. The Hall–Kier alpha value is -2.11. The number of nitro benzene ring substituents is 1. The van der Waals surface area contributed by atoms with Crippen LogP contribution in [0.25, 0.3) is 0 Å². The van der Waals surface area contributed by atoms with Gasteiger partial charge in [-0.05, 0) is 25.5 Å². The molecule has 0 atom stereocenters. The van der Waals surface area contributed by atoms with Crippen molar-refractivity contribution in [2.75, 3.05) is 18.9 Å². The normalized spacial score (nSPS) is 9.82. The van der Waals surface area contributed by atoms with Gasteiger partial charge < -0.3 is 10.2 Å². The first-order valence-electron chi connectivity index (χ1n) is 5.23. The predicted molar refractivity (Wildman–Crippen MR) is 65.2 cm³/mol.